The Kier molecular flexibility index (Phi) is 5.78. The minimum atomic E-state index is -2.47. The van der Waals surface area contributed by atoms with Crippen LogP contribution in [0.5, 0.6) is 5.75 Å². The van der Waals surface area contributed by atoms with E-state index in [1.165, 1.54) is 0 Å². The summed E-state index contributed by atoms with van der Waals surface area (Å²) in [5, 5.41) is 10.6. The largest absolute Gasteiger partial charge is 0.494 e. The zero-order chi connectivity index (χ0) is 19.6. The molecule has 2 aliphatic rings. The van der Waals surface area contributed by atoms with Crippen LogP contribution >= 0.6 is 11.3 Å². The highest BCUT2D eigenvalue weighted by molar-refractivity contribution is 7.18. The van der Waals surface area contributed by atoms with Crippen LogP contribution in [-0.2, 0) is 0 Å². The fourth-order valence-corrected chi connectivity index (χ4v) is 4.86. The Morgan fingerprint density at radius 3 is 2.39 bits per heavy atom. The van der Waals surface area contributed by atoms with Gasteiger partial charge in [-0.05, 0) is 44.0 Å². The molecule has 5 nitrogen and oxygen atoms in total. The van der Waals surface area contributed by atoms with Crippen molar-refractivity contribution in [2.45, 2.75) is 44.6 Å². The first-order chi connectivity index (χ1) is 13.5. The standard InChI is InChI=1S/C20H26F2N4OS/c1-2-27-17-5-3-15(4-6-17)18-23-24-19(28-18)26-11-7-16(8-12-26)25-13-9-20(21,22)10-14-25/h3-6,16H,2,7-14H2,1H3. The molecule has 1 aromatic heterocycles. The van der Waals surface area contributed by atoms with Gasteiger partial charge < -0.3 is 9.64 Å². The number of benzene rings is 1. The Balaban J connectivity index is 1.33. The summed E-state index contributed by atoms with van der Waals surface area (Å²) in [7, 11) is 0. The van der Waals surface area contributed by atoms with Gasteiger partial charge in [-0.1, -0.05) is 11.3 Å². The minimum absolute atomic E-state index is 0.00490. The third-order valence-electron chi connectivity index (χ3n) is 5.61. The van der Waals surface area contributed by atoms with E-state index in [0.29, 0.717) is 25.7 Å². The SMILES string of the molecule is CCOc1ccc(-c2nnc(N3CCC(N4CCC(F)(F)CC4)CC3)s2)cc1. The number of likely N-dealkylation sites (tertiary alicyclic amines) is 1. The smallest absolute Gasteiger partial charge is 0.250 e. The molecule has 2 aliphatic heterocycles. The van der Waals surface area contributed by atoms with Crippen LogP contribution in [0.2, 0.25) is 0 Å². The van der Waals surface area contributed by atoms with Gasteiger partial charge >= 0.3 is 0 Å². The highest BCUT2D eigenvalue weighted by Gasteiger charge is 2.37. The third kappa shape index (κ3) is 4.43. The maximum atomic E-state index is 13.4. The highest BCUT2D eigenvalue weighted by atomic mass is 32.1. The summed E-state index contributed by atoms with van der Waals surface area (Å²) in [6.45, 7) is 5.44. The maximum absolute atomic E-state index is 13.4. The molecule has 2 fully saturated rings. The van der Waals surface area contributed by atoms with E-state index in [1.54, 1.807) is 11.3 Å². The van der Waals surface area contributed by atoms with Crippen molar-refractivity contribution in [1.29, 1.82) is 0 Å². The van der Waals surface area contributed by atoms with Crippen molar-refractivity contribution in [1.82, 2.24) is 15.1 Å². The second-order valence-corrected chi connectivity index (χ2v) is 8.41. The summed E-state index contributed by atoms with van der Waals surface area (Å²) < 4.78 is 32.2. The molecule has 0 amide bonds. The highest BCUT2D eigenvalue weighted by Crippen LogP contribution is 2.33. The molecule has 0 aliphatic carbocycles. The second kappa shape index (κ2) is 8.29. The van der Waals surface area contributed by atoms with Crippen LogP contribution in [0.4, 0.5) is 13.9 Å². The van der Waals surface area contributed by atoms with Crippen molar-refractivity contribution in [3.8, 4) is 16.3 Å². The monoisotopic (exact) mass is 408 g/mol. The topological polar surface area (TPSA) is 41.5 Å². The average molecular weight is 409 g/mol. The lowest BCUT2D eigenvalue weighted by atomic mass is 9.99. The molecular formula is C20H26F2N4OS. The van der Waals surface area contributed by atoms with Gasteiger partial charge in [-0.15, -0.1) is 10.2 Å². The van der Waals surface area contributed by atoms with Gasteiger partial charge in [-0.2, -0.15) is 0 Å². The van der Waals surface area contributed by atoms with E-state index in [0.717, 1.165) is 47.4 Å². The third-order valence-corrected chi connectivity index (χ3v) is 6.64. The van der Waals surface area contributed by atoms with Crippen LogP contribution in [0.15, 0.2) is 24.3 Å². The molecule has 1 aromatic carbocycles. The van der Waals surface area contributed by atoms with Gasteiger partial charge in [-0.25, -0.2) is 8.78 Å². The number of piperidine rings is 2. The first-order valence-electron chi connectivity index (χ1n) is 9.98. The van der Waals surface area contributed by atoms with Gasteiger partial charge in [0.05, 0.1) is 6.61 Å². The number of ether oxygens (including phenoxy) is 1. The van der Waals surface area contributed by atoms with Crippen LogP contribution in [0.25, 0.3) is 10.6 Å². The first kappa shape index (κ1) is 19.5. The number of rotatable bonds is 5. The summed E-state index contributed by atoms with van der Waals surface area (Å²) in [5.74, 6) is -1.62. The van der Waals surface area contributed by atoms with Gasteiger partial charge in [0.2, 0.25) is 5.13 Å². The van der Waals surface area contributed by atoms with Gasteiger partial charge in [0, 0.05) is 50.6 Å². The van der Waals surface area contributed by atoms with Gasteiger partial charge in [0.15, 0.2) is 0 Å². The van der Waals surface area contributed by atoms with Crippen molar-refractivity contribution in [2.75, 3.05) is 37.7 Å². The maximum Gasteiger partial charge on any atom is 0.250 e. The number of anilines is 1. The van der Waals surface area contributed by atoms with Crippen molar-refractivity contribution >= 4 is 16.5 Å². The lowest BCUT2D eigenvalue weighted by molar-refractivity contribution is -0.0646. The molecule has 0 saturated carbocycles. The normalized spacial score (nSPS) is 21.0. The van der Waals surface area contributed by atoms with Crippen LogP contribution < -0.4 is 9.64 Å². The molecule has 2 aromatic rings. The molecule has 3 heterocycles. The molecule has 0 atom stereocenters. The molecule has 0 spiro atoms. The molecule has 0 unspecified atom stereocenters. The summed E-state index contributed by atoms with van der Waals surface area (Å²) >= 11 is 1.60. The Morgan fingerprint density at radius 2 is 1.75 bits per heavy atom. The van der Waals surface area contributed by atoms with Crippen molar-refractivity contribution < 1.29 is 13.5 Å². The zero-order valence-electron chi connectivity index (χ0n) is 16.1. The quantitative estimate of drug-likeness (QED) is 0.738. The molecular weight excluding hydrogens is 382 g/mol. The Bertz CT molecular complexity index is 765. The van der Waals surface area contributed by atoms with Crippen molar-refractivity contribution in [3.05, 3.63) is 24.3 Å². The van der Waals surface area contributed by atoms with E-state index in [-0.39, 0.29) is 12.8 Å². The van der Waals surface area contributed by atoms with E-state index in [2.05, 4.69) is 20.0 Å². The van der Waals surface area contributed by atoms with E-state index in [9.17, 15) is 8.78 Å². The molecule has 0 radical (unpaired) electrons. The summed E-state index contributed by atoms with van der Waals surface area (Å²) in [4.78, 5) is 4.52. The number of halogens is 2. The van der Waals surface area contributed by atoms with Crippen molar-refractivity contribution in [2.24, 2.45) is 0 Å². The van der Waals surface area contributed by atoms with Crippen LogP contribution in [0, 0.1) is 0 Å². The fraction of sp³-hybridized carbons (Fsp3) is 0.600. The lowest BCUT2D eigenvalue weighted by Gasteiger charge is -2.41. The zero-order valence-corrected chi connectivity index (χ0v) is 16.9. The molecule has 0 N–H and O–H groups in total. The molecule has 2 saturated heterocycles. The van der Waals surface area contributed by atoms with E-state index < -0.39 is 5.92 Å². The Hall–Kier alpha value is -1.80. The van der Waals surface area contributed by atoms with Gasteiger partial charge in [0.25, 0.3) is 5.92 Å². The molecule has 28 heavy (non-hydrogen) atoms. The van der Waals surface area contributed by atoms with Crippen LogP contribution in [-0.4, -0.2) is 59.8 Å². The Labute approximate surface area is 168 Å². The predicted molar refractivity (Wildman–Crippen MR) is 108 cm³/mol. The summed E-state index contributed by atoms with van der Waals surface area (Å²) in [5.41, 5.74) is 1.04. The first-order valence-corrected chi connectivity index (χ1v) is 10.8. The summed E-state index contributed by atoms with van der Waals surface area (Å²) in [6.07, 6.45) is 1.97. The van der Waals surface area contributed by atoms with E-state index in [4.69, 9.17) is 4.74 Å². The van der Waals surface area contributed by atoms with E-state index >= 15 is 0 Å². The lowest BCUT2D eigenvalue weighted by Crippen LogP contribution is -2.49. The van der Waals surface area contributed by atoms with Crippen LogP contribution in [0.3, 0.4) is 0 Å². The van der Waals surface area contributed by atoms with Gasteiger partial charge in [0.1, 0.15) is 10.8 Å². The Morgan fingerprint density at radius 1 is 1.07 bits per heavy atom. The molecule has 8 heteroatoms. The molecule has 4 rings (SSSR count). The number of hydrogen-bond donors (Lipinski definition) is 0. The fourth-order valence-electron chi connectivity index (χ4n) is 3.96. The van der Waals surface area contributed by atoms with Gasteiger partial charge in [-0.3, -0.25) is 4.90 Å². The van der Waals surface area contributed by atoms with E-state index in [1.807, 2.05) is 31.2 Å². The molecule has 0 bridgehead atoms. The predicted octanol–water partition coefficient (Wildman–Crippen LogP) is 4.30. The van der Waals surface area contributed by atoms with Crippen molar-refractivity contribution in [3.63, 3.8) is 0 Å². The average Bonchev–Trinajstić information content (AvgIpc) is 3.19. The number of hydrogen-bond acceptors (Lipinski definition) is 6. The molecule has 152 valence electrons. The number of aromatic nitrogens is 2. The van der Waals surface area contributed by atoms with Crippen LogP contribution in [0.1, 0.15) is 32.6 Å². The second-order valence-electron chi connectivity index (χ2n) is 7.46. The minimum Gasteiger partial charge on any atom is -0.494 e. The number of nitrogens with zero attached hydrogens (tertiary/aromatic N) is 4. The number of alkyl halides is 2. The summed E-state index contributed by atoms with van der Waals surface area (Å²) in [6, 6.07) is 8.33.